The van der Waals surface area contributed by atoms with Crippen LogP contribution in [0.15, 0.2) is 48.8 Å². The van der Waals surface area contributed by atoms with Gasteiger partial charge in [0.1, 0.15) is 6.07 Å². The molecule has 1 aromatic carbocycles. The highest BCUT2D eigenvalue weighted by Gasteiger charge is 2.29. The molecule has 0 fully saturated rings. The fourth-order valence-corrected chi connectivity index (χ4v) is 3.51. The Hall–Kier alpha value is -2.60. The van der Waals surface area contributed by atoms with E-state index in [0.717, 1.165) is 37.1 Å². The minimum Gasteiger partial charge on any atom is -0.357 e. The first-order chi connectivity index (χ1) is 11.5. The summed E-state index contributed by atoms with van der Waals surface area (Å²) in [5.74, 6) is 0. The predicted octanol–water partition coefficient (Wildman–Crippen LogP) is 4.64. The van der Waals surface area contributed by atoms with Crippen molar-refractivity contribution >= 4 is 5.69 Å². The molecule has 0 unspecified atom stereocenters. The van der Waals surface area contributed by atoms with Crippen LogP contribution in [0.5, 0.6) is 0 Å². The van der Waals surface area contributed by atoms with Crippen LogP contribution in [-0.2, 0) is 19.3 Å². The molecular formula is C21H23N3. The minimum absolute atomic E-state index is 0.366. The van der Waals surface area contributed by atoms with Gasteiger partial charge in [-0.25, -0.2) is 4.98 Å². The number of aromatic nitrogens is 1. The summed E-state index contributed by atoms with van der Waals surface area (Å²) in [5, 5.41) is 12.3. The largest absolute Gasteiger partial charge is 0.357 e. The van der Waals surface area contributed by atoms with Crippen molar-refractivity contribution in [2.45, 2.75) is 39.5 Å². The molecule has 1 aromatic heterocycles. The number of pyridine rings is 1. The van der Waals surface area contributed by atoms with Gasteiger partial charge in [-0.15, -0.1) is 0 Å². The monoisotopic (exact) mass is 317 g/mol. The van der Waals surface area contributed by atoms with E-state index >= 15 is 0 Å². The fourth-order valence-electron chi connectivity index (χ4n) is 3.51. The number of aryl methyl sites for hydroxylation is 1. The molecule has 0 atom stereocenters. The molecule has 3 rings (SSSR count). The summed E-state index contributed by atoms with van der Waals surface area (Å²) in [6.45, 7) is 8.79. The lowest BCUT2D eigenvalue weighted by molar-refractivity contribution is 0.392. The summed E-state index contributed by atoms with van der Waals surface area (Å²) in [6, 6.07) is 12.4. The standard InChI is InChI=1S/C21H23N3/c1-15(24-19-8-5-11-23-20(19)14-22)9-10-16-6-4-7-17-12-21(2,3)13-18(16)17/h4-8,11,24H,1,9-10,12-13H2,2-3H3. The van der Waals surface area contributed by atoms with Crippen LogP contribution in [0, 0.1) is 16.7 Å². The third kappa shape index (κ3) is 3.49. The quantitative estimate of drug-likeness (QED) is 0.874. The van der Waals surface area contributed by atoms with E-state index in [-0.39, 0.29) is 0 Å². The zero-order chi connectivity index (χ0) is 17.2. The molecule has 0 aliphatic heterocycles. The number of anilines is 1. The van der Waals surface area contributed by atoms with E-state index in [4.69, 9.17) is 5.26 Å². The highest BCUT2D eigenvalue weighted by Crippen LogP contribution is 2.38. The smallest absolute Gasteiger partial charge is 0.163 e. The molecule has 0 spiro atoms. The molecule has 1 N–H and O–H groups in total. The molecule has 2 aromatic rings. The van der Waals surface area contributed by atoms with Crippen LogP contribution in [0.3, 0.4) is 0 Å². The lowest BCUT2D eigenvalue weighted by atomic mass is 9.89. The van der Waals surface area contributed by atoms with Gasteiger partial charge in [0.15, 0.2) is 5.69 Å². The van der Waals surface area contributed by atoms with Crippen molar-refractivity contribution in [2.75, 3.05) is 5.32 Å². The van der Waals surface area contributed by atoms with E-state index in [1.165, 1.54) is 16.7 Å². The summed E-state index contributed by atoms with van der Waals surface area (Å²) in [6.07, 6.45) is 5.75. The van der Waals surface area contributed by atoms with Crippen LogP contribution in [0.1, 0.15) is 42.7 Å². The van der Waals surface area contributed by atoms with Gasteiger partial charge in [-0.1, -0.05) is 38.6 Å². The first kappa shape index (κ1) is 16.3. The van der Waals surface area contributed by atoms with Crippen molar-refractivity contribution in [2.24, 2.45) is 5.41 Å². The summed E-state index contributed by atoms with van der Waals surface area (Å²) in [7, 11) is 0. The number of nitriles is 1. The molecule has 0 amide bonds. The minimum atomic E-state index is 0.366. The molecule has 1 heterocycles. The zero-order valence-corrected chi connectivity index (χ0v) is 14.4. The zero-order valence-electron chi connectivity index (χ0n) is 14.4. The molecule has 0 saturated carbocycles. The van der Waals surface area contributed by atoms with Crippen molar-refractivity contribution < 1.29 is 0 Å². The maximum atomic E-state index is 9.11. The number of fused-ring (bicyclic) bond motifs is 1. The van der Waals surface area contributed by atoms with Crippen LogP contribution in [0.4, 0.5) is 5.69 Å². The number of nitrogens with zero attached hydrogens (tertiary/aromatic N) is 2. The molecule has 0 radical (unpaired) electrons. The normalized spacial score (nSPS) is 14.7. The average molecular weight is 317 g/mol. The van der Waals surface area contributed by atoms with Gasteiger partial charge in [0.2, 0.25) is 0 Å². The van der Waals surface area contributed by atoms with Crippen molar-refractivity contribution in [3.05, 3.63) is 71.2 Å². The van der Waals surface area contributed by atoms with Crippen LogP contribution in [0.2, 0.25) is 0 Å². The second-order valence-electron chi connectivity index (χ2n) is 7.31. The fraction of sp³-hybridized carbons (Fsp3) is 0.333. The van der Waals surface area contributed by atoms with Gasteiger partial charge in [0, 0.05) is 11.9 Å². The number of allylic oxidation sites excluding steroid dienone is 1. The Morgan fingerprint density at radius 1 is 1.29 bits per heavy atom. The van der Waals surface area contributed by atoms with E-state index < -0.39 is 0 Å². The second-order valence-corrected chi connectivity index (χ2v) is 7.31. The average Bonchev–Trinajstić information content (AvgIpc) is 2.87. The van der Waals surface area contributed by atoms with E-state index in [2.05, 4.69) is 55.0 Å². The Labute approximate surface area is 144 Å². The lowest BCUT2D eigenvalue weighted by Crippen LogP contribution is -2.10. The van der Waals surface area contributed by atoms with Gasteiger partial charge in [-0.3, -0.25) is 0 Å². The van der Waals surface area contributed by atoms with Gasteiger partial charge in [-0.2, -0.15) is 5.26 Å². The summed E-state index contributed by atoms with van der Waals surface area (Å²) in [4.78, 5) is 4.07. The van der Waals surface area contributed by atoms with Gasteiger partial charge >= 0.3 is 0 Å². The topological polar surface area (TPSA) is 48.7 Å². The predicted molar refractivity (Wildman–Crippen MR) is 97.7 cm³/mol. The van der Waals surface area contributed by atoms with Gasteiger partial charge in [0.25, 0.3) is 0 Å². The first-order valence-corrected chi connectivity index (χ1v) is 8.38. The Kier molecular flexibility index (Phi) is 4.40. The van der Waals surface area contributed by atoms with E-state index in [1.54, 1.807) is 6.20 Å². The third-order valence-corrected chi connectivity index (χ3v) is 4.62. The van der Waals surface area contributed by atoms with E-state index in [1.807, 2.05) is 12.1 Å². The van der Waals surface area contributed by atoms with Gasteiger partial charge in [0.05, 0.1) is 5.69 Å². The summed E-state index contributed by atoms with van der Waals surface area (Å²) >= 11 is 0. The number of hydrogen-bond donors (Lipinski definition) is 1. The highest BCUT2D eigenvalue weighted by atomic mass is 14.9. The molecule has 1 aliphatic rings. The number of nitrogens with one attached hydrogen (secondary N) is 1. The number of rotatable bonds is 5. The molecule has 3 nitrogen and oxygen atoms in total. The Balaban J connectivity index is 1.66. The van der Waals surface area contributed by atoms with Crippen molar-refractivity contribution in [3.63, 3.8) is 0 Å². The lowest BCUT2D eigenvalue weighted by Gasteiger charge is -2.16. The molecule has 0 saturated heterocycles. The van der Waals surface area contributed by atoms with E-state index in [0.29, 0.717) is 11.1 Å². The molecular weight excluding hydrogens is 294 g/mol. The summed E-state index contributed by atoms with van der Waals surface area (Å²) in [5.41, 5.74) is 6.85. The van der Waals surface area contributed by atoms with Crippen LogP contribution < -0.4 is 5.32 Å². The van der Waals surface area contributed by atoms with Crippen molar-refractivity contribution in [1.82, 2.24) is 4.98 Å². The molecule has 0 bridgehead atoms. The second kappa shape index (κ2) is 6.49. The SMILES string of the molecule is C=C(CCc1cccc2c1CC(C)(C)C2)Nc1cccnc1C#N. The Morgan fingerprint density at radius 3 is 2.92 bits per heavy atom. The van der Waals surface area contributed by atoms with Crippen LogP contribution >= 0.6 is 0 Å². The molecule has 1 aliphatic carbocycles. The van der Waals surface area contributed by atoms with E-state index in [9.17, 15) is 0 Å². The number of benzene rings is 1. The van der Waals surface area contributed by atoms with Gasteiger partial charge in [-0.05, 0) is 59.9 Å². The van der Waals surface area contributed by atoms with Crippen molar-refractivity contribution in [3.8, 4) is 6.07 Å². The van der Waals surface area contributed by atoms with Crippen molar-refractivity contribution in [1.29, 1.82) is 5.26 Å². The highest BCUT2D eigenvalue weighted by molar-refractivity contribution is 5.56. The Bertz CT molecular complexity index is 812. The van der Waals surface area contributed by atoms with Gasteiger partial charge < -0.3 is 5.32 Å². The number of hydrogen-bond acceptors (Lipinski definition) is 3. The molecule has 122 valence electrons. The Morgan fingerprint density at radius 2 is 2.12 bits per heavy atom. The summed E-state index contributed by atoms with van der Waals surface area (Å²) < 4.78 is 0. The maximum absolute atomic E-state index is 9.11. The third-order valence-electron chi connectivity index (χ3n) is 4.62. The molecule has 3 heteroatoms. The van der Waals surface area contributed by atoms with Crippen LogP contribution in [0.25, 0.3) is 0 Å². The maximum Gasteiger partial charge on any atom is 0.163 e. The van der Waals surface area contributed by atoms with Crippen LogP contribution in [-0.4, -0.2) is 4.98 Å². The molecule has 24 heavy (non-hydrogen) atoms. The first-order valence-electron chi connectivity index (χ1n) is 8.38.